The van der Waals surface area contributed by atoms with Crippen LogP contribution >= 0.6 is 0 Å². The van der Waals surface area contributed by atoms with Crippen molar-refractivity contribution in [1.82, 2.24) is 4.57 Å². The van der Waals surface area contributed by atoms with Gasteiger partial charge in [0.2, 0.25) is 5.78 Å². The predicted octanol–water partition coefficient (Wildman–Crippen LogP) is 2.80. The molecule has 0 unspecified atom stereocenters. The van der Waals surface area contributed by atoms with E-state index in [1.807, 2.05) is 31.4 Å². The molecule has 6 nitrogen and oxygen atoms in total. The number of hydrogen-bond donors (Lipinski definition) is 0. The summed E-state index contributed by atoms with van der Waals surface area (Å²) < 4.78 is 12.3. The molecule has 0 aliphatic heterocycles. The number of Topliss-reactive ketones (excluding diaryl/α,β-unsaturated/α-hetero) is 1. The third-order valence-corrected chi connectivity index (χ3v) is 3.91. The molecular formula is C19H20N2O4. The SMILES string of the molecule is CCn1c(C)cc(C(=O)COC(=O)COc2ccccc2C#N)c1C. The molecule has 130 valence electrons. The molecule has 0 aliphatic carbocycles. The van der Waals surface area contributed by atoms with E-state index in [9.17, 15) is 9.59 Å². The van der Waals surface area contributed by atoms with E-state index in [0.29, 0.717) is 16.9 Å². The minimum absolute atomic E-state index is 0.251. The van der Waals surface area contributed by atoms with E-state index in [1.54, 1.807) is 30.3 Å². The Hall–Kier alpha value is -3.07. The number of benzene rings is 1. The Bertz CT molecular complexity index is 830. The average Bonchev–Trinajstić information content (AvgIpc) is 2.91. The van der Waals surface area contributed by atoms with Gasteiger partial charge in [-0.05, 0) is 39.0 Å². The number of para-hydroxylation sites is 1. The zero-order chi connectivity index (χ0) is 18.4. The monoisotopic (exact) mass is 340 g/mol. The maximum absolute atomic E-state index is 12.3. The number of nitriles is 1. The molecule has 1 aromatic carbocycles. The highest BCUT2D eigenvalue weighted by molar-refractivity contribution is 5.99. The first-order chi connectivity index (χ1) is 12.0. The summed E-state index contributed by atoms with van der Waals surface area (Å²) in [5.41, 5.74) is 2.74. The van der Waals surface area contributed by atoms with Crippen molar-refractivity contribution in [2.45, 2.75) is 27.3 Å². The lowest BCUT2D eigenvalue weighted by Gasteiger charge is -2.08. The molecule has 0 spiro atoms. The summed E-state index contributed by atoms with van der Waals surface area (Å²) in [5.74, 6) is -0.608. The Labute approximate surface area is 146 Å². The second-order valence-electron chi connectivity index (χ2n) is 5.51. The minimum Gasteiger partial charge on any atom is -0.481 e. The number of nitrogens with zero attached hydrogens (tertiary/aromatic N) is 2. The predicted molar refractivity (Wildman–Crippen MR) is 91.5 cm³/mol. The number of ketones is 1. The maximum atomic E-state index is 12.3. The fourth-order valence-electron chi connectivity index (χ4n) is 2.66. The molecule has 2 rings (SSSR count). The Morgan fingerprint density at radius 1 is 1.20 bits per heavy atom. The molecule has 0 amide bonds. The van der Waals surface area contributed by atoms with Crippen LogP contribution in [0.25, 0.3) is 0 Å². The van der Waals surface area contributed by atoms with Gasteiger partial charge < -0.3 is 14.0 Å². The summed E-state index contributed by atoms with van der Waals surface area (Å²) in [5, 5.41) is 8.96. The van der Waals surface area contributed by atoms with Crippen LogP contribution in [0.3, 0.4) is 0 Å². The molecule has 0 saturated carbocycles. The van der Waals surface area contributed by atoms with Gasteiger partial charge in [-0.2, -0.15) is 5.26 Å². The van der Waals surface area contributed by atoms with Gasteiger partial charge in [0.1, 0.15) is 11.8 Å². The van der Waals surface area contributed by atoms with Crippen LogP contribution in [0.4, 0.5) is 0 Å². The largest absolute Gasteiger partial charge is 0.481 e. The van der Waals surface area contributed by atoms with Crippen LogP contribution in [-0.2, 0) is 16.1 Å². The fraction of sp³-hybridized carbons (Fsp3) is 0.316. The van der Waals surface area contributed by atoms with E-state index in [4.69, 9.17) is 14.7 Å². The van der Waals surface area contributed by atoms with Crippen LogP contribution in [0.1, 0.15) is 34.2 Å². The molecule has 0 fully saturated rings. The van der Waals surface area contributed by atoms with E-state index in [1.165, 1.54) is 0 Å². The first-order valence-electron chi connectivity index (χ1n) is 7.95. The number of carbonyl (C=O) groups excluding carboxylic acids is 2. The van der Waals surface area contributed by atoms with E-state index in [-0.39, 0.29) is 19.0 Å². The van der Waals surface area contributed by atoms with Crippen LogP contribution in [0.2, 0.25) is 0 Å². The Morgan fingerprint density at radius 3 is 2.56 bits per heavy atom. The fourth-order valence-corrected chi connectivity index (χ4v) is 2.66. The molecule has 25 heavy (non-hydrogen) atoms. The molecule has 6 heteroatoms. The summed E-state index contributed by atoms with van der Waals surface area (Å²) in [6.07, 6.45) is 0. The van der Waals surface area contributed by atoms with E-state index in [0.717, 1.165) is 17.9 Å². The zero-order valence-electron chi connectivity index (χ0n) is 14.5. The van der Waals surface area contributed by atoms with Crippen LogP contribution in [0.15, 0.2) is 30.3 Å². The molecule has 2 aromatic rings. The van der Waals surface area contributed by atoms with Crippen LogP contribution < -0.4 is 4.74 Å². The molecular weight excluding hydrogens is 320 g/mol. The van der Waals surface area contributed by atoms with Crippen LogP contribution in [0.5, 0.6) is 5.75 Å². The van der Waals surface area contributed by atoms with Gasteiger partial charge in [0.05, 0.1) is 5.56 Å². The van der Waals surface area contributed by atoms with Gasteiger partial charge in [-0.1, -0.05) is 12.1 Å². The summed E-state index contributed by atoms with van der Waals surface area (Å²) in [7, 11) is 0. The highest BCUT2D eigenvalue weighted by atomic mass is 16.6. The van der Waals surface area contributed by atoms with Gasteiger partial charge >= 0.3 is 5.97 Å². The van der Waals surface area contributed by atoms with Crippen LogP contribution in [0, 0.1) is 25.2 Å². The quantitative estimate of drug-likeness (QED) is 0.572. The lowest BCUT2D eigenvalue weighted by atomic mass is 10.1. The van der Waals surface area contributed by atoms with Crippen molar-refractivity contribution >= 4 is 11.8 Å². The van der Waals surface area contributed by atoms with Gasteiger partial charge in [-0.25, -0.2) is 4.79 Å². The summed E-state index contributed by atoms with van der Waals surface area (Å²) in [6.45, 7) is 5.88. The average molecular weight is 340 g/mol. The summed E-state index contributed by atoms with van der Waals surface area (Å²) >= 11 is 0. The third kappa shape index (κ3) is 4.27. The van der Waals surface area contributed by atoms with E-state index < -0.39 is 5.97 Å². The first kappa shape index (κ1) is 18.3. The van der Waals surface area contributed by atoms with Crippen molar-refractivity contribution in [1.29, 1.82) is 5.26 Å². The van der Waals surface area contributed by atoms with Gasteiger partial charge in [0, 0.05) is 23.5 Å². The van der Waals surface area contributed by atoms with Gasteiger partial charge in [0.15, 0.2) is 13.2 Å². The number of ether oxygens (including phenoxy) is 2. The molecule has 0 saturated heterocycles. The summed E-state index contributed by atoms with van der Waals surface area (Å²) in [4.78, 5) is 24.0. The molecule has 1 aromatic heterocycles. The topological polar surface area (TPSA) is 81.3 Å². The Morgan fingerprint density at radius 2 is 1.92 bits per heavy atom. The van der Waals surface area contributed by atoms with Crippen molar-refractivity contribution < 1.29 is 19.1 Å². The molecule has 0 radical (unpaired) electrons. The molecule has 0 atom stereocenters. The number of aryl methyl sites for hydroxylation is 1. The molecule has 1 heterocycles. The number of rotatable bonds is 7. The van der Waals surface area contributed by atoms with Gasteiger partial charge in [0.25, 0.3) is 0 Å². The van der Waals surface area contributed by atoms with E-state index in [2.05, 4.69) is 0 Å². The molecule has 0 N–H and O–H groups in total. The van der Waals surface area contributed by atoms with Crippen molar-refractivity contribution in [3.63, 3.8) is 0 Å². The lowest BCUT2D eigenvalue weighted by molar-refractivity contribution is -0.144. The van der Waals surface area contributed by atoms with E-state index >= 15 is 0 Å². The van der Waals surface area contributed by atoms with Crippen molar-refractivity contribution in [2.75, 3.05) is 13.2 Å². The normalized spacial score (nSPS) is 10.2. The highest BCUT2D eigenvalue weighted by Crippen LogP contribution is 2.17. The summed E-state index contributed by atoms with van der Waals surface area (Å²) in [6, 6.07) is 10.4. The standard InChI is InChI=1S/C19H20N2O4/c1-4-21-13(2)9-16(14(21)3)17(22)11-25-19(23)12-24-18-8-6-5-7-15(18)10-20/h5-9H,4,11-12H2,1-3H3. The number of hydrogen-bond acceptors (Lipinski definition) is 5. The lowest BCUT2D eigenvalue weighted by Crippen LogP contribution is -2.20. The maximum Gasteiger partial charge on any atom is 0.344 e. The zero-order valence-corrected chi connectivity index (χ0v) is 14.5. The number of esters is 1. The molecule has 0 aliphatic rings. The second-order valence-corrected chi connectivity index (χ2v) is 5.51. The third-order valence-electron chi connectivity index (χ3n) is 3.91. The van der Waals surface area contributed by atoms with Crippen molar-refractivity contribution in [2.24, 2.45) is 0 Å². The van der Waals surface area contributed by atoms with Gasteiger partial charge in [-0.15, -0.1) is 0 Å². The van der Waals surface area contributed by atoms with Crippen molar-refractivity contribution in [3.8, 4) is 11.8 Å². The number of carbonyl (C=O) groups is 2. The number of aromatic nitrogens is 1. The highest BCUT2D eigenvalue weighted by Gasteiger charge is 2.17. The first-order valence-corrected chi connectivity index (χ1v) is 7.95. The second kappa shape index (κ2) is 8.15. The van der Waals surface area contributed by atoms with Crippen molar-refractivity contribution in [3.05, 3.63) is 52.8 Å². The van der Waals surface area contributed by atoms with Crippen LogP contribution in [-0.4, -0.2) is 29.5 Å². The Balaban J connectivity index is 1.90. The smallest absolute Gasteiger partial charge is 0.344 e. The Kier molecular flexibility index (Phi) is 5.96. The van der Waals surface area contributed by atoms with Gasteiger partial charge in [-0.3, -0.25) is 4.79 Å². The molecule has 0 bridgehead atoms. The minimum atomic E-state index is -0.662.